The molecule has 4 rings (SSSR count). The van der Waals surface area contributed by atoms with Crippen LogP contribution in [0.4, 0.5) is 5.13 Å². The van der Waals surface area contributed by atoms with Crippen LogP contribution in [0.3, 0.4) is 0 Å². The van der Waals surface area contributed by atoms with Crippen molar-refractivity contribution in [1.82, 2.24) is 14.9 Å². The Kier molecular flexibility index (Phi) is 9.43. The number of hydrogen-bond donors (Lipinski definition) is 1. The number of hydrazone groups is 1. The van der Waals surface area contributed by atoms with Crippen molar-refractivity contribution in [1.29, 1.82) is 0 Å². The van der Waals surface area contributed by atoms with Crippen LogP contribution in [0.5, 0.6) is 0 Å². The fourth-order valence-corrected chi connectivity index (χ4v) is 6.22. The van der Waals surface area contributed by atoms with Crippen molar-refractivity contribution in [2.24, 2.45) is 5.10 Å². The molecule has 0 saturated carbocycles. The number of hydrogen-bond acceptors (Lipinski definition) is 10. The lowest BCUT2D eigenvalue weighted by atomic mass is 10.1. The second-order valence-corrected chi connectivity index (χ2v) is 12.0. The number of rotatable bonds is 11. The van der Waals surface area contributed by atoms with Gasteiger partial charge in [-0.05, 0) is 31.4 Å². The number of methoxy groups -OCH3 is 1. The van der Waals surface area contributed by atoms with Gasteiger partial charge in [0.25, 0.3) is 5.91 Å². The molecule has 0 unspecified atom stereocenters. The molecule has 0 bridgehead atoms. The van der Waals surface area contributed by atoms with Gasteiger partial charge in [0.2, 0.25) is 0 Å². The number of thiazole rings is 1. The average Bonchev–Trinajstić information content (AvgIpc) is 3.55. The Morgan fingerprint density at radius 1 is 1.17 bits per heavy atom. The summed E-state index contributed by atoms with van der Waals surface area (Å²) in [4.78, 5) is 21.3. The predicted molar refractivity (Wildman–Crippen MR) is 139 cm³/mol. The summed E-state index contributed by atoms with van der Waals surface area (Å²) >= 11 is 1.44. The molecule has 1 aromatic carbocycles. The summed E-state index contributed by atoms with van der Waals surface area (Å²) in [5, 5.41) is 9.90. The maximum Gasteiger partial charge on any atom is 0.278 e. The molecule has 12 heteroatoms. The minimum absolute atomic E-state index is 0.00618. The van der Waals surface area contributed by atoms with Gasteiger partial charge in [-0.15, -0.1) is 11.3 Å². The minimum Gasteiger partial charge on any atom is -0.385 e. The van der Waals surface area contributed by atoms with Crippen LogP contribution in [-0.4, -0.2) is 93.8 Å². The topological polar surface area (TPSA) is 113 Å². The third-order valence-electron chi connectivity index (χ3n) is 6.04. The van der Waals surface area contributed by atoms with Crippen LogP contribution in [0.25, 0.3) is 0 Å². The van der Waals surface area contributed by atoms with Gasteiger partial charge >= 0.3 is 0 Å². The Bertz CT molecular complexity index is 1140. The number of nitrogens with zero attached hydrogens (tertiary/aromatic N) is 4. The number of anilines is 1. The maximum atomic E-state index is 13.3. The zero-order chi connectivity index (χ0) is 25.4. The SMILES string of the molecule is COCCCS(=O)(=O)c1ccc(C(=NN2CCCC2)C(=O)Nc2ncc(CN3CCOCC3)s2)cc1. The maximum absolute atomic E-state index is 13.3. The van der Waals surface area contributed by atoms with Crippen LogP contribution >= 0.6 is 11.3 Å². The van der Waals surface area contributed by atoms with Gasteiger partial charge in [-0.2, -0.15) is 5.10 Å². The zero-order valence-corrected chi connectivity index (χ0v) is 22.2. The molecule has 0 spiro atoms. The van der Waals surface area contributed by atoms with E-state index in [0.717, 1.165) is 63.7 Å². The molecule has 0 atom stereocenters. The number of sulfone groups is 1. The lowest BCUT2D eigenvalue weighted by molar-refractivity contribution is -0.110. The second-order valence-electron chi connectivity index (χ2n) is 8.77. The number of ether oxygens (including phenoxy) is 2. The van der Waals surface area contributed by atoms with Crippen LogP contribution < -0.4 is 5.32 Å². The largest absolute Gasteiger partial charge is 0.385 e. The molecular weight excluding hydrogens is 502 g/mol. The highest BCUT2D eigenvalue weighted by atomic mass is 32.2. The van der Waals surface area contributed by atoms with Gasteiger partial charge < -0.3 is 9.47 Å². The summed E-state index contributed by atoms with van der Waals surface area (Å²) in [7, 11) is -1.88. The summed E-state index contributed by atoms with van der Waals surface area (Å²) in [6.07, 6.45) is 4.26. The smallest absolute Gasteiger partial charge is 0.278 e. The molecule has 2 aromatic rings. The van der Waals surface area contributed by atoms with Crippen LogP contribution in [0, 0.1) is 0 Å². The summed E-state index contributed by atoms with van der Waals surface area (Å²) in [5.74, 6) is -0.364. The van der Waals surface area contributed by atoms with E-state index < -0.39 is 9.84 Å². The summed E-state index contributed by atoms with van der Waals surface area (Å²) in [6, 6.07) is 6.36. The Morgan fingerprint density at radius 2 is 1.89 bits per heavy atom. The summed E-state index contributed by atoms with van der Waals surface area (Å²) in [5.41, 5.74) is 0.797. The molecule has 2 fully saturated rings. The van der Waals surface area contributed by atoms with E-state index in [4.69, 9.17) is 9.47 Å². The average molecular weight is 536 g/mol. The van der Waals surface area contributed by atoms with Gasteiger partial charge in [-0.25, -0.2) is 13.4 Å². The monoisotopic (exact) mass is 535 g/mol. The summed E-state index contributed by atoms with van der Waals surface area (Å²) in [6.45, 7) is 5.93. The van der Waals surface area contributed by atoms with Crippen LogP contribution in [0.15, 0.2) is 40.5 Å². The Labute approximate surface area is 216 Å². The van der Waals surface area contributed by atoms with Crippen molar-refractivity contribution in [3.63, 3.8) is 0 Å². The highest BCUT2D eigenvalue weighted by molar-refractivity contribution is 7.91. The molecule has 2 aliphatic rings. The molecule has 0 aliphatic carbocycles. The van der Waals surface area contributed by atoms with E-state index in [-0.39, 0.29) is 22.3 Å². The molecule has 3 heterocycles. The van der Waals surface area contributed by atoms with Gasteiger partial charge in [0.15, 0.2) is 20.7 Å². The minimum atomic E-state index is -3.43. The number of morpholine rings is 1. The second kappa shape index (κ2) is 12.7. The van der Waals surface area contributed by atoms with Crippen molar-refractivity contribution in [3.8, 4) is 0 Å². The molecule has 196 valence electrons. The molecule has 1 N–H and O–H groups in total. The van der Waals surface area contributed by atoms with Crippen LogP contribution in [0.2, 0.25) is 0 Å². The first kappa shape index (κ1) is 26.7. The standard InChI is InChI=1S/C24H33N5O5S2/c1-33-13-4-16-36(31,32)21-7-5-19(6-8-21)22(27-29-9-2-3-10-29)23(30)26-24-25-17-20(35-24)18-28-11-14-34-15-12-28/h5-8,17H,2-4,9-16,18H2,1H3,(H,25,26,30). The number of benzene rings is 1. The fraction of sp³-hybridized carbons (Fsp3) is 0.542. The molecule has 1 amide bonds. The quantitative estimate of drug-likeness (QED) is 0.344. The lowest BCUT2D eigenvalue weighted by Crippen LogP contribution is -2.35. The van der Waals surface area contributed by atoms with E-state index in [0.29, 0.717) is 23.7 Å². The van der Waals surface area contributed by atoms with Crippen molar-refractivity contribution >= 4 is 37.9 Å². The number of aromatic nitrogens is 1. The number of amides is 1. The molecule has 1 aromatic heterocycles. The molecular formula is C24H33N5O5S2. The van der Waals surface area contributed by atoms with Gasteiger partial charge in [0.1, 0.15) is 0 Å². The van der Waals surface area contributed by atoms with E-state index >= 15 is 0 Å². The first-order valence-electron chi connectivity index (χ1n) is 12.2. The molecule has 0 radical (unpaired) electrons. The lowest BCUT2D eigenvalue weighted by Gasteiger charge is -2.25. The highest BCUT2D eigenvalue weighted by Gasteiger charge is 2.21. The van der Waals surface area contributed by atoms with E-state index in [1.165, 1.54) is 23.5 Å². The van der Waals surface area contributed by atoms with Crippen molar-refractivity contribution in [2.45, 2.75) is 30.7 Å². The first-order chi connectivity index (χ1) is 17.4. The molecule has 36 heavy (non-hydrogen) atoms. The molecule has 2 aliphatic heterocycles. The van der Waals surface area contributed by atoms with Crippen LogP contribution in [0.1, 0.15) is 29.7 Å². The number of carbonyl (C=O) groups is 1. The van der Waals surface area contributed by atoms with Crippen molar-refractivity contribution in [3.05, 3.63) is 40.9 Å². The van der Waals surface area contributed by atoms with E-state index in [1.54, 1.807) is 25.4 Å². The Balaban J connectivity index is 1.48. The third-order valence-corrected chi connectivity index (χ3v) is 8.76. The van der Waals surface area contributed by atoms with Gasteiger partial charge in [-0.3, -0.25) is 20.0 Å². The van der Waals surface area contributed by atoms with E-state index in [1.807, 2.05) is 5.01 Å². The van der Waals surface area contributed by atoms with Crippen molar-refractivity contribution < 1.29 is 22.7 Å². The Hall–Kier alpha value is -2.38. The normalized spacial score (nSPS) is 17.5. The van der Waals surface area contributed by atoms with E-state index in [2.05, 4.69) is 20.3 Å². The van der Waals surface area contributed by atoms with E-state index in [9.17, 15) is 13.2 Å². The first-order valence-corrected chi connectivity index (χ1v) is 14.6. The molecule has 2 saturated heterocycles. The molecule has 10 nitrogen and oxygen atoms in total. The summed E-state index contributed by atoms with van der Waals surface area (Å²) < 4.78 is 35.6. The number of carbonyl (C=O) groups excluding carboxylic acids is 1. The fourth-order valence-electron chi connectivity index (χ4n) is 4.08. The van der Waals surface area contributed by atoms with Gasteiger partial charge in [0.05, 0.1) is 23.9 Å². The Morgan fingerprint density at radius 3 is 2.58 bits per heavy atom. The van der Waals surface area contributed by atoms with Gasteiger partial charge in [-0.1, -0.05) is 12.1 Å². The van der Waals surface area contributed by atoms with Crippen LogP contribution in [-0.2, 0) is 30.7 Å². The highest BCUT2D eigenvalue weighted by Crippen LogP contribution is 2.22. The predicted octanol–water partition coefficient (Wildman–Crippen LogP) is 2.22. The van der Waals surface area contributed by atoms with Crippen molar-refractivity contribution in [2.75, 3.05) is 64.2 Å². The van der Waals surface area contributed by atoms with Gasteiger partial charge in [0, 0.05) is 63.1 Å². The third kappa shape index (κ3) is 7.32. The number of nitrogens with one attached hydrogen (secondary N) is 1. The zero-order valence-electron chi connectivity index (χ0n) is 20.5.